The second kappa shape index (κ2) is 3.41. The van der Waals surface area contributed by atoms with E-state index in [1.54, 1.807) is 18.6 Å². The number of nitrogens with zero attached hydrogens (tertiary/aromatic N) is 1. The summed E-state index contributed by atoms with van der Waals surface area (Å²) in [5, 5.41) is 0. The molecule has 3 nitrogen and oxygen atoms in total. The van der Waals surface area contributed by atoms with Crippen LogP contribution >= 0.6 is 0 Å². The number of allylic oxidation sites excluding steroid dienone is 4. The minimum absolute atomic E-state index is 0.384. The van der Waals surface area contributed by atoms with Crippen molar-refractivity contribution >= 4 is 10.0 Å². The maximum absolute atomic E-state index is 11.5. The van der Waals surface area contributed by atoms with Gasteiger partial charge in [0.1, 0.15) is 0 Å². The normalized spacial score (nSPS) is 18.1. The molecule has 1 aliphatic rings. The van der Waals surface area contributed by atoms with E-state index in [0.717, 1.165) is 0 Å². The third kappa shape index (κ3) is 1.76. The summed E-state index contributed by atoms with van der Waals surface area (Å²) in [5.41, 5.74) is 0. The second-order valence-electron chi connectivity index (χ2n) is 2.72. The highest BCUT2D eigenvalue weighted by Gasteiger charge is 2.20. The van der Waals surface area contributed by atoms with Gasteiger partial charge >= 0.3 is 0 Å². The maximum Gasteiger partial charge on any atom is 0.239 e. The molecule has 4 heteroatoms. The highest BCUT2D eigenvalue weighted by Crippen LogP contribution is 2.18. The van der Waals surface area contributed by atoms with Crippen molar-refractivity contribution in [1.29, 1.82) is 0 Å². The van der Waals surface area contributed by atoms with E-state index < -0.39 is 10.0 Å². The van der Waals surface area contributed by atoms with Crippen LogP contribution in [0.3, 0.4) is 0 Å². The van der Waals surface area contributed by atoms with E-state index in [9.17, 15) is 8.42 Å². The number of sulfonamides is 1. The Morgan fingerprint density at radius 1 is 1.42 bits per heavy atom. The van der Waals surface area contributed by atoms with Crippen molar-refractivity contribution in [2.45, 2.75) is 6.42 Å². The van der Waals surface area contributed by atoms with Crippen LogP contribution in [-0.2, 0) is 10.0 Å². The number of hydrogen-bond donors (Lipinski definition) is 0. The Morgan fingerprint density at radius 2 is 2.08 bits per heavy atom. The molecule has 0 atom stereocenters. The van der Waals surface area contributed by atoms with Gasteiger partial charge in [0.25, 0.3) is 0 Å². The summed E-state index contributed by atoms with van der Waals surface area (Å²) in [4.78, 5) is 0.384. The highest BCUT2D eigenvalue weighted by atomic mass is 32.2. The molecule has 0 N–H and O–H groups in total. The van der Waals surface area contributed by atoms with E-state index in [1.807, 2.05) is 6.08 Å². The maximum atomic E-state index is 11.5. The second-order valence-corrected chi connectivity index (χ2v) is 4.88. The van der Waals surface area contributed by atoms with Crippen LogP contribution in [0.4, 0.5) is 0 Å². The Bertz CT molecular complexity index is 312. The van der Waals surface area contributed by atoms with Crippen LogP contribution in [0.15, 0.2) is 23.1 Å². The molecule has 1 radical (unpaired) electrons. The monoisotopic (exact) mass is 186 g/mol. The molecule has 0 heterocycles. The molecule has 0 bridgehead atoms. The fourth-order valence-electron chi connectivity index (χ4n) is 0.896. The zero-order valence-electron chi connectivity index (χ0n) is 7.19. The van der Waals surface area contributed by atoms with Gasteiger partial charge in [-0.15, -0.1) is 0 Å². The topological polar surface area (TPSA) is 37.4 Å². The van der Waals surface area contributed by atoms with Gasteiger partial charge in [0.2, 0.25) is 10.0 Å². The van der Waals surface area contributed by atoms with Crippen molar-refractivity contribution in [1.82, 2.24) is 4.31 Å². The Labute approximate surface area is 73.4 Å². The van der Waals surface area contributed by atoms with Gasteiger partial charge < -0.3 is 0 Å². The van der Waals surface area contributed by atoms with Gasteiger partial charge in [-0.1, -0.05) is 12.2 Å². The summed E-state index contributed by atoms with van der Waals surface area (Å²) in [6.07, 6.45) is 7.68. The summed E-state index contributed by atoms with van der Waals surface area (Å²) in [7, 11) is -0.152. The molecule has 0 aromatic heterocycles. The van der Waals surface area contributed by atoms with Crippen molar-refractivity contribution in [2.75, 3.05) is 14.1 Å². The van der Waals surface area contributed by atoms with Crippen molar-refractivity contribution in [2.24, 2.45) is 0 Å². The van der Waals surface area contributed by atoms with Crippen molar-refractivity contribution in [3.8, 4) is 0 Å². The molecular formula is C8H12NO2S. The lowest BCUT2D eigenvalue weighted by molar-refractivity contribution is 0.528. The lowest BCUT2D eigenvalue weighted by Gasteiger charge is -2.14. The Morgan fingerprint density at radius 3 is 2.50 bits per heavy atom. The van der Waals surface area contributed by atoms with Crippen LogP contribution in [0.5, 0.6) is 0 Å². The molecule has 67 valence electrons. The van der Waals surface area contributed by atoms with Crippen LogP contribution in [-0.4, -0.2) is 26.8 Å². The third-order valence-electron chi connectivity index (χ3n) is 1.63. The first-order valence-electron chi connectivity index (χ1n) is 3.67. The zero-order chi connectivity index (χ0) is 9.19. The molecule has 0 aromatic rings. The lowest BCUT2D eigenvalue weighted by Crippen LogP contribution is -2.24. The van der Waals surface area contributed by atoms with E-state index in [2.05, 4.69) is 0 Å². The van der Waals surface area contributed by atoms with Crippen LogP contribution in [0, 0.1) is 6.42 Å². The van der Waals surface area contributed by atoms with Gasteiger partial charge in [0, 0.05) is 20.5 Å². The predicted molar refractivity (Wildman–Crippen MR) is 48.7 cm³/mol. The Balaban J connectivity index is 2.97. The van der Waals surface area contributed by atoms with E-state index in [-0.39, 0.29) is 0 Å². The molecule has 0 saturated heterocycles. The largest absolute Gasteiger partial charge is 0.239 e. The summed E-state index contributed by atoms with van der Waals surface area (Å²) >= 11 is 0. The first kappa shape index (κ1) is 9.48. The molecule has 0 amide bonds. The molecule has 12 heavy (non-hydrogen) atoms. The lowest BCUT2D eigenvalue weighted by atomic mass is 10.2. The number of rotatable bonds is 2. The van der Waals surface area contributed by atoms with Crippen molar-refractivity contribution in [3.63, 3.8) is 0 Å². The van der Waals surface area contributed by atoms with Crippen LogP contribution in [0.1, 0.15) is 6.42 Å². The van der Waals surface area contributed by atoms with Crippen molar-refractivity contribution < 1.29 is 8.42 Å². The van der Waals surface area contributed by atoms with Crippen molar-refractivity contribution in [3.05, 3.63) is 29.6 Å². The SMILES string of the molecule is CN(C)S(=O)(=O)C1=CC=CC[CH]1. The van der Waals surface area contributed by atoms with E-state index in [1.165, 1.54) is 18.4 Å². The molecule has 0 aliphatic heterocycles. The van der Waals surface area contributed by atoms with Crippen LogP contribution < -0.4 is 0 Å². The highest BCUT2D eigenvalue weighted by molar-refractivity contribution is 7.93. The quantitative estimate of drug-likeness (QED) is 0.643. The van der Waals surface area contributed by atoms with Crippen LogP contribution in [0.25, 0.3) is 0 Å². The fraction of sp³-hybridized carbons (Fsp3) is 0.375. The molecule has 0 aromatic carbocycles. The molecule has 1 aliphatic carbocycles. The number of hydrogen-bond acceptors (Lipinski definition) is 2. The smallest absolute Gasteiger partial charge is 0.207 e. The summed E-state index contributed by atoms with van der Waals surface area (Å²) in [6.45, 7) is 0. The summed E-state index contributed by atoms with van der Waals surface area (Å²) < 4.78 is 24.2. The van der Waals surface area contributed by atoms with Gasteiger partial charge in [-0.2, -0.15) is 0 Å². The Kier molecular flexibility index (Phi) is 2.69. The minimum atomic E-state index is -3.21. The molecule has 1 rings (SSSR count). The molecule has 0 spiro atoms. The first-order chi connectivity index (χ1) is 5.55. The summed E-state index contributed by atoms with van der Waals surface area (Å²) in [6, 6.07) is 0. The van der Waals surface area contributed by atoms with E-state index in [0.29, 0.717) is 11.3 Å². The molecule has 0 unspecified atom stereocenters. The average Bonchev–Trinajstić information content (AvgIpc) is 2.06. The minimum Gasteiger partial charge on any atom is -0.207 e. The zero-order valence-corrected chi connectivity index (χ0v) is 8.00. The molecular weight excluding hydrogens is 174 g/mol. The molecule has 0 saturated carbocycles. The van der Waals surface area contributed by atoms with Crippen LogP contribution in [0.2, 0.25) is 0 Å². The van der Waals surface area contributed by atoms with Gasteiger partial charge in [-0.3, -0.25) is 0 Å². The molecule has 0 fully saturated rings. The fourth-order valence-corrected chi connectivity index (χ4v) is 1.87. The van der Waals surface area contributed by atoms with Gasteiger partial charge in [0.15, 0.2) is 0 Å². The third-order valence-corrected chi connectivity index (χ3v) is 3.49. The van der Waals surface area contributed by atoms with Gasteiger partial charge in [-0.25, -0.2) is 12.7 Å². The Hall–Kier alpha value is -0.610. The standard InChI is InChI=1S/C8H12NO2S/c1-9(2)12(10,11)8-6-4-3-5-7-8/h3-4,6-7H,5H2,1-2H3. The average molecular weight is 186 g/mol. The van der Waals surface area contributed by atoms with E-state index >= 15 is 0 Å². The summed E-state index contributed by atoms with van der Waals surface area (Å²) in [5.74, 6) is 0. The van der Waals surface area contributed by atoms with Gasteiger partial charge in [-0.05, 0) is 12.5 Å². The first-order valence-corrected chi connectivity index (χ1v) is 5.12. The van der Waals surface area contributed by atoms with Gasteiger partial charge in [0.05, 0.1) is 4.91 Å². The van der Waals surface area contributed by atoms with E-state index in [4.69, 9.17) is 0 Å². The predicted octanol–water partition coefficient (Wildman–Crippen LogP) is 0.926.